The third-order valence-electron chi connectivity index (χ3n) is 5.73. The maximum atomic E-state index is 12.8. The van der Waals surface area contributed by atoms with Crippen molar-refractivity contribution in [3.8, 4) is 17.3 Å². The summed E-state index contributed by atoms with van der Waals surface area (Å²) in [6.07, 6.45) is 2.18. The molecule has 2 N–H and O–H groups in total. The standard InChI is InChI=1S/C22H27N5O3/c1-26(2)15-7-9-27(10-8-15)19-6-4-5-16(23-19)21-24-17-11-14(13-28)12-18(30-3)20(17)22(29)25-21/h4-6,11-12,15,28H,7-10,13H2,1-3H3,(H,24,25,29). The zero-order chi connectivity index (χ0) is 21.3. The molecule has 1 aliphatic heterocycles. The van der Waals surface area contributed by atoms with Crippen LogP contribution < -0.4 is 15.2 Å². The Hall–Kier alpha value is -2.97. The molecule has 0 spiro atoms. The van der Waals surface area contributed by atoms with Crippen molar-refractivity contribution in [3.05, 3.63) is 46.2 Å². The van der Waals surface area contributed by atoms with Crippen LogP contribution in [0, 0.1) is 0 Å². The lowest BCUT2D eigenvalue weighted by molar-refractivity contribution is 0.249. The first-order valence-electron chi connectivity index (χ1n) is 10.1. The average Bonchev–Trinajstić information content (AvgIpc) is 2.78. The highest BCUT2D eigenvalue weighted by atomic mass is 16.5. The van der Waals surface area contributed by atoms with Gasteiger partial charge in [0.05, 0.1) is 19.2 Å². The van der Waals surface area contributed by atoms with Crippen molar-refractivity contribution in [3.63, 3.8) is 0 Å². The van der Waals surface area contributed by atoms with Gasteiger partial charge in [0.15, 0.2) is 5.82 Å². The maximum absolute atomic E-state index is 12.8. The van der Waals surface area contributed by atoms with E-state index >= 15 is 0 Å². The van der Waals surface area contributed by atoms with Crippen molar-refractivity contribution in [1.82, 2.24) is 19.9 Å². The number of methoxy groups -OCH3 is 1. The van der Waals surface area contributed by atoms with Gasteiger partial charge in [-0.15, -0.1) is 0 Å². The molecule has 1 fully saturated rings. The number of hydrogen-bond donors (Lipinski definition) is 2. The second-order valence-electron chi connectivity index (χ2n) is 7.83. The summed E-state index contributed by atoms with van der Waals surface area (Å²) >= 11 is 0. The number of rotatable bonds is 5. The Morgan fingerprint density at radius 1 is 1.23 bits per heavy atom. The third kappa shape index (κ3) is 3.88. The zero-order valence-electron chi connectivity index (χ0n) is 17.6. The van der Waals surface area contributed by atoms with Crippen molar-refractivity contribution in [1.29, 1.82) is 0 Å². The highest BCUT2D eigenvalue weighted by Gasteiger charge is 2.22. The van der Waals surface area contributed by atoms with E-state index in [2.05, 4.69) is 33.9 Å². The first kappa shape index (κ1) is 20.3. The van der Waals surface area contributed by atoms with Gasteiger partial charge in [-0.05, 0) is 56.8 Å². The van der Waals surface area contributed by atoms with Crippen molar-refractivity contribution < 1.29 is 9.84 Å². The number of aromatic nitrogens is 3. The molecule has 1 aromatic carbocycles. The molecule has 158 valence electrons. The number of aliphatic hydroxyl groups excluding tert-OH is 1. The summed E-state index contributed by atoms with van der Waals surface area (Å²) in [5, 5.41) is 9.88. The number of pyridine rings is 1. The van der Waals surface area contributed by atoms with Gasteiger partial charge in [0, 0.05) is 19.1 Å². The molecule has 8 nitrogen and oxygen atoms in total. The molecule has 3 aromatic rings. The van der Waals surface area contributed by atoms with Crippen LogP contribution in [-0.2, 0) is 6.61 Å². The van der Waals surface area contributed by atoms with Crippen LogP contribution in [0.4, 0.5) is 5.82 Å². The SMILES string of the molecule is COc1cc(CO)cc2nc(-c3cccc(N4CCC(N(C)C)CC4)n3)[nH]c(=O)c12. The van der Waals surface area contributed by atoms with Crippen LogP contribution in [0.15, 0.2) is 35.1 Å². The predicted octanol–water partition coefficient (Wildman–Crippen LogP) is 2.02. The Morgan fingerprint density at radius 3 is 2.67 bits per heavy atom. The van der Waals surface area contributed by atoms with E-state index in [0.29, 0.717) is 39.8 Å². The number of benzene rings is 1. The van der Waals surface area contributed by atoms with E-state index in [1.54, 1.807) is 12.1 Å². The van der Waals surface area contributed by atoms with Crippen molar-refractivity contribution >= 4 is 16.7 Å². The lowest BCUT2D eigenvalue weighted by Gasteiger charge is -2.35. The van der Waals surface area contributed by atoms with E-state index in [1.807, 2.05) is 18.2 Å². The Labute approximate surface area is 175 Å². The van der Waals surface area contributed by atoms with Gasteiger partial charge < -0.3 is 24.6 Å². The van der Waals surface area contributed by atoms with Gasteiger partial charge in [-0.3, -0.25) is 4.79 Å². The number of nitrogens with one attached hydrogen (secondary N) is 1. The second-order valence-corrected chi connectivity index (χ2v) is 7.83. The van der Waals surface area contributed by atoms with E-state index in [-0.39, 0.29) is 12.2 Å². The average molecular weight is 409 g/mol. The fourth-order valence-electron chi connectivity index (χ4n) is 4.01. The summed E-state index contributed by atoms with van der Waals surface area (Å²) in [4.78, 5) is 29.5. The van der Waals surface area contributed by atoms with Crippen LogP contribution in [0.25, 0.3) is 22.4 Å². The fourth-order valence-corrected chi connectivity index (χ4v) is 4.01. The van der Waals surface area contributed by atoms with Crippen LogP contribution in [0.2, 0.25) is 0 Å². The number of fused-ring (bicyclic) bond motifs is 1. The molecular weight excluding hydrogens is 382 g/mol. The first-order valence-corrected chi connectivity index (χ1v) is 10.1. The largest absolute Gasteiger partial charge is 0.496 e. The Bertz CT molecular complexity index is 1100. The van der Waals surface area contributed by atoms with Gasteiger partial charge in [-0.1, -0.05) is 6.07 Å². The highest BCUT2D eigenvalue weighted by molar-refractivity contribution is 5.86. The molecule has 8 heteroatoms. The Kier molecular flexibility index (Phi) is 5.69. The van der Waals surface area contributed by atoms with Crippen molar-refractivity contribution in [2.75, 3.05) is 39.2 Å². The van der Waals surface area contributed by atoms with E-state index < -0.39 is 0 Å². The molecule has 1 saturated heterocycles. The quantitative estimate of drug-likeness (QED) is 0.666. The minimum atomic E-state index is -0.296. The Morgan fingerprint density at radius 2 is 2.00 bits per heavy atom. The number of hydrogen-bond acceptors (Lipinski definition) is 7. The molecule has 0 amide bonds. The van der Waals surface area contributed by atoms with E-state index in [9.17, 15) is 9.90 Å². The number of anilines is 1. The number of piperidine rings is 1. The number of ether oxygens (including phenoxy) is 1. The summed E-state index contributed by atoms with van der Waals surface area (Å²) in [5.41, 5.74) is 1.41. The predicted molar refractivity (Wildman–Crippen MR) is 117 cm³/mol. The molecule has 4 rings (SSSR count). The summed E-state index contributed by atoms with van der Waals surface area (Å²) < 4.78 is 5.32. The second kappa shape index (κ2) is 8.41. The minimum absolute atomic E-state index is 0.160. The summed E-state index contributed by atoms with van der Waals surface area (Å²) in [7, 11) is 5.74. The number of aromatic amines is 1. The van der Waals surface area contributed by atoms with Gasteiger partial charge >= 0.3 is 0 Å². The number of H-pyrrole nitrogens is 1. The molecule has 3 heterocycles. The van der Waals surface area contributed by atoms with Gasteiger partial charge in [0.1, 0.15) is 22.6 Å². The van der Waals surface area contributed by atoms with Crippen molar-refractivity contribution in [2.45, 2.75) is 25.5 Å². The maximum Gasteiger partial charge on any atom is 0.262 e. The third-order valence-corrected chi connectivity index (χ3v) is 5.73. The highest BCUT2D eigenvalue weighted by Crippen LogP contribution is 2.26. The van der Waals surface area contributed by atoms with Crippen LogP contribution >= 0.6 is 0 Å². The molecule has 0 radical (unpaired) electrons. The molecule has 2 aromatic heterocycles. The topological polar surface area (TPSA) is 94.6 Å². The zero-order valence-corrected chi connectivity index (χ0v) is 17.6. The molecule has 30 heavy (non-hydrogen) atoms. The van der Waals surface area contributed by atoms with Crippen LogP contribution in [0.3, 0.4) is 0 Å². The van der Waals surface area contributed by atoms with Crippen LogP contribution in [0.5, 0.6) is 5.75 Å². The minimum Gasteiger partial charge on any atom is -0.496 e. The lowest BCUT2D eigenvalue weighted by atomic mass is 10.0. The summed E-state index contributed by atoms with van der Waals surface area (Å²) in [6, 6.07) is 9.71. The number of aliphatic hydroxyl groups is 1. The number of nitrogens with zero attached hydrogens (tertiary/aromatic N) is 4. The van der Waals surface area contributed by atoms with E-state index in [0.717, 1.165) is 31.7 Å². The van der Waals surface area contributed by atoms with Gasteiger partial charge in [-0.25, -0.2) is 9.97 Å². The molecule has 0 unspecified atom stereocenters. The molecule has 0 atom stereocenters. The monoisotopic (exact) mass is 409 g/mol. The molecule has 0 bridgehead atoms. The van der Waals surface area contributed by atoms with E-state index in [4.69, 9.17) is 9.72 Å². The van der Waals surface area contributed by atoms with Crippen LogP contribution in [0.1, 0.15) is 18.4 Å². The summed E-state index contributed by atoms with van der Waals surface area (Å²) in [6.45, 7) is 1.73. The van der Waals surface area contributed by atoms with Gasteiger partial charge in [-0.2, -0.15) is 0 Å². The molecule has 0 saturated carbocycles. The normalized spacial score (nSPS) is 15.2. The molecule has 0 aliphatic carbocycles. The Balaban J connectivity index is 1.69. The van der Waals surface area contributed by atoms with Crippen molar-refractivity contribution in [2.24, 2.45) is 0 Å². The lowest BCUT2D eigenvalue weighted by Crippen LogP contribution is -2.42. The van der Waals surface area contributed by atoms with Gasteiger partial charge in [0.2, 0.25) is 0 Å². The smallest absolute Gasteiger partial charge is 0.262 e. The van der Waals surface area contributed by atoms with Gasteiger partial charge in [0.25, 0.3) is 5.56 Å². The van der Waals surface area contributed by atoms with Crippen LogP contribution in [-0.4, -0.2) is 65.3 Å². The molecule has 1 aliphatic rings. The summed E-state index contributed by atoms with van der Waals surface area (Å²) in [5.74, 6) is 1.67. The van der Waals surface area contributed by atoms with E-state index in [1.165, 1.54) is 7.11 Å². The fraction of sp³-hybridized carbons (Fsp3) is 0.409. The first-order chi connectivity index (χ1) is 14.5. The molecular formula is C22H27N5O3.